The SMILES string of the molecule is Cn1cc(NC(=O)[C@@H]2CCCN2C(=O)NCc2cccc(Br)c2)c(C#N)n1. The largest absolute Gasteiger partial charge is 0.334 e. The molecular weight excluding hydrogens is 412 g/mol. The van der Waals surface area contributed by atoms with Gasteiger partial charge < -0.3 is 15.5 Å². The van der Waals surface area contributed by atoms with Crippen molar-refractivity contribution >= 4 is 33.6 Å². The van der Waals surface area contributed by atoms with Gasteiger partial charge in [-0.25, -0.2) is 4.79 Å². The number of hydrogen-bond donors (Lipinski definition) is 2. The molecular formula is C18H19BrN6O2. The summed E-state index contributed by atoms with van der Waals surface area (Å²) in [5.74, 6) is -0.311. The molecule has 1 aliphatic heterocycles. The molecule has 2 N–H and O–H groups in total. The molecule has 1 aliphatic rings. The van der Waals surface area contributed by atoms with Gasteiger partial charge in [-0.1, -0.05) is 28.1 Å². The van der Waals surface area contributed by atoms with Crippen LogP contribution in [0.4, 0.5) is 10.5 Å². The van der Waals surface area contributed by atoms with E-state index in [1.54, 1.807) is 13.2 Å². The van der Waals surface area contributed by atoms with Crippen LogP contribution in [0.5, 0.6) is 0 Å². The van der Waals surface area contributed by atoms with Crippen molar-refractivity contribution in [2.24, 2.45) is 7.05 Å². The molecule has 0 spiro atoms. The highest BCUT2D eigenvalue weighted by Crippen LogP contribution is 2.21. The molecule has 3 rings (SSSR count). The van der Waals surface area contributed by atoms with Gasteiger partial charge in [-0.05, 0) is 30.5 Å². The van der Waals surface area contributed by atoms with E-state index in [1.807, 2.05) is 30.3 Å². The molecule has 0 saturated carbocycles. The molecule has 1 aromatic carbocycles. The lowest BCUT2D eigenvalue weighted by Crippen LogP contribution is -2.47. The summed E-state index contributed by atoms with van der Waals surface area (Å²) >= 11 is 3.40. The third-order valence-electron chi connectivity index (χ3n) is 4.34. The molecule has 0 unspecified atom stereocenters. The molecule has 0 radical (unpaired) electrons. The van der Waals surface area contributed by atoms with Gasteiger partial charge in [-0.3, -0.25) is 9.48 Å². The third kappa shape index (κ3) is 4.46. The van der Waals surface area contributed by atoms with Crippen LogP contribution >= 0.6 is 15.9 Å². The molecule has 0 bridgehead atoms. The van der Waals surface area contributed by atoms with Gasteiger partial charge in [0.1, 0.15) is 12.1 Å². The Labute approximate surface area is 165 Å². The van der Waals surface area contributed by atoms with Crippen molar-refractivity contribution in [2.45, 2.75) is 25.4 Å². The minimum absolute atomic E-state index is 0.148. The topological polar surface area (TPSA) is 103 Å². The average molecular weight is 431 g/mol. The monoisotopic (exact) mass is 430 g/mol. The smallest absolute Gasteiger partial charge is 0.318 e. The van der Waals surface area contributed by atoms with Crippen LogP contribution in [0.2, 0.25) is 0 Å². The second kappa shape index (κ2) is 8.22. The number of nitrogens with zero attached hydrogens (tertiary/aromatic N) is 4. The summed E-state index contributed by atoms with van der Waals surface area (Å²) in [6.07, 6.45) is 2.90. The molecule has 140 valence electrons. The van der Waals surface area contributed by atoms with Crippen molar-refractivity contribution < 1.29 is 9.59 Å². The molecule has 8 nitrogen and oxygen atoms in total. The van der Waals surface area contributed by atoms with E-state index in [0.717, 1.165) is 16.5 Å². The van der Waals surface area contributed by atoms with Crippen molar-refractivity contribution in [2.75, 3.05) is 11.9 Å². The van der Waals surface area contributed by atoms with E-state index in [0.29, 0.717) is 25.2 Å². The highest BCUT2D eigenvalue weighted by Gasteiger charge is 2.34. The second-order valence-corrected chi connectivity index (χ2v) is 7.22. The van der Waals surface area contributed by atoms with E-state index < -0.39 is 6.04 Å². The minimum atomic E-state index is -0.570. The zero-order chi connectivity index (χ0) is 19.4. The number of rotatable bonds is 4. The van der Waals surface area contributed by atoms with Gasteiger partial charge in [-0.15, -0.1) is 0 Å². The van der Waals surface area contributed by atoms with E-state index >= 15 is 0 Å². The Morgan fingerprint density at radius 1 is 1.44 bits per heavy atom. The molecule has 1 saturated heterocycles. The van der Waals surface area contributed by atoms with Crippen LogP contribution in [0.1, 0.15) is 24.1 Å². The Morgan fingerprint density at radius 3 is 3.00 bits per heavy atom. The van der Waals surface area contributed by atoms with Crippen molar-refractivity contribution in [1.29, 1.82) is 5.26 Å². The predicted molar refractivity (Wildman–Crippen MR) is 103 cm³/mol. The number of hydrogen-bond acceptors (Lipinski definition) is 4. The van der Waals surface area contributed by atoms with Gasteiger partial charge in [0.2, 0.25) is 5.91 Å². The molecule has 27 heavy (non-hydrogen) atoms. The Kier molecular flexibility index (Phi) is 5.76. The Morgan fingerprint density at radius 2 is 2.26 bits per heavy atom. The van der Waals surface area contributed by atoms with Crippen LogP contribution in [-0.4, -0.2) is 39.2 Å². The molecule has 0 aliphatic carbocycles. The number of anilines is 1. The van der Waals surface area contributed by atoms with E-state index in [4.69, 9.17) is 5.26 Å². The van der Waals surface area contributed by atoms with Crippen LogP contribution in [0.15, 0.2) is 34.9 Å². The maximum absolute atomic E-state index is 12.6. The number of carbonyl (C=O) groups is 2. The molecule has 1 fully saturated rings. The Hall–Kier alpha value is -2.86. The normalized spacial score (nSPS) is 16.0. The molecule has 2 aromatic rings. The minimum Gasteiger partial charge on any atom is -0.334 e. The van der Waals surface area contributed by atoms with Gasteiger partial charge in [0.25, 0.3) is 0 Å². The number of nitriles is 1. The van der Waals surface area contributed by atoms with Crippen LogP contribution in [0, 0.1) is 11.3 Å². The summed E-state index contributed by atoms with van der Waals surface area (Å²) in [7, 11) is 1.67. The number of nitrogens with one attached hydrogen (secondary N) is 2. The van der Waals surface area contributed by atoms with Gasteiger partial charge >= 0.3 is 6.03 Å². The first-order chi connectivity index (χ1) is 13.0. The zero-order valence-corrected chi connectivity index (χ0v) is 16.4. The number of aromatic nitrogens is 2. The standard InChI is InChI=1S/C18H19BrN6O2/c1-24-11-15(14(9-20)23-24)22-17(26)16-6-3-7-25(16)18(27)21-10-12-4-2-5-13(19)8-12/h2,4-5,8,11,16H,3,6-7,10H2,1H3,(H,21,27)(H,22,26)/t16-/m0/s1. The molecule has 2 heterocycles. The summed E-state index contributed by atoms with van der Waals surface area (Å²) < 4.78 is 2.41. The highest BCUT2D eigenvalue weighted by atomic mass is 79.9. The average Bonchev–Trinajstić information content (AvgIpc) is 3.26. The quantitative estimate of drug-likeness (QED) is 0.776. The Bertz CT molecular complexity index is 903. The first kappa shape index (κ1) is 18.9. The molecule has 9 heteroatoms. The summed E-state index contributed by atoms with van der Waals surface area (Å²) in [6, 6.07) is 8.77. The lowest BCUT2D eigenvalue weighted by Gasteiger charge is -2.24. The van der Waals surface area contributed by atoms with Crippen LogP contribution in [0.25, 0.3) is 0 Å². The maximum Gasteiger partial charge on any atom is 0.318 e. The van der Waals surface area contributed by atoms with Crippen molar-refractivity contribution in [3.05, 3.63) is 46.2 Å². The van der Waals surface area contributed by atoms with Crippen LogP contribution in [-0.2, 0) is 18.4 Å². The molecule has 3 amide bonds. The number of benzene rings is 1. The fraction of sp³-hybridized carbons (Fsp3) is 0.333. The third-order valence-corrected chi connectivity index (χ3v) is 4.83. The lowest BCUT2D eigenvalue weighted by molar-refractivity contribution is -0.119. The highest BCUT2D eigenvalue weighted by molar-refractivity contribution is 9.10. The summed E-state index contributed by atoms with van der Waals surface area (Å²) in [4.78, 5) is 26.7. The number of carbonyl (C=O) groups excluding carboxylic acids is 2. The summed E-state index contributed by atoms with van der Waals surface area (Å²) in [6.45, 7) is 0.894. The summed E-state index contributed by atoms with van der Waals surface area (Å²) in [5, 5.41) is 18.6. The fourth-order valence-corrected chi connectivity index (χ4v) is 3.53. The first-order valence-electron chi connectivity index (χ1n) is 8.51. The zero-order valence-electron chi connectivity index (χ0n) is 14.8. The first-order valence-corrected chi connectivity index (χ1v) is 9.30. The lowest BCUT2D eigenvalue weighted by atomic mass is 10.2. The van der Waals surface area contributed by atoms with Crippen molar-refractivity contribution in [3.8, 4) is 6.07 Å². The van der Waals surface area contributed by atoms with Crippen LogP contribution in [0.3, 0.4) is 0 Å². The number of likely N-dealkylation sites (tertiary alicyclic amines) is 1. The Balaban J connectivity index is 1.62. The van der Waals surface area contributed by atoms with Gasteiger partial charge in [0.05, 0.1) is 5.69 Å². The van der Waals surface area contributed by atoms with Gasteiger partial charge in [0, 0.05) is 30.8 Å². The number of urea groups is 1. The van der Waals surface area contributed by atoms with E-state index in [2.05, 4.69) is 31.7 Å². The van der Waals surface area contributed by atoms with E-state index in [-0.39, 0.29) is 17.6 Å². The predicted octanol–water partition coefficient (Wildman–Crippen LogP) is 2.37. The van der Waals surface area contributed by atoms with Gasteiger partial charge in [0.15, 0.2) is 5.69 Å². The van der Waals surface area contributed by atoms with Crippen LogP contribution < -0.4 is 10.6 Å². The van der Waals surface area contributed by atoms with Crippen molar-refractivity contribution in [3.63, 3.8) is 0 Å². The summed E-state index contributed by atoms with van der Waals surface area (Å²) in [5.41, 5.74) is 1.47. The second-order valence-electron chi connectivity index (χ2n) is 6.31. The van der Waals surface area contributed by atoms with E-state index in [9.17, 15) is 9.59 Å². The number of aryl methyl sites for hydroxylation is 1. The number of amides is 3. The fourth-order valence-electron chi connectivity index (χ4n) is 3.09. The molecule has 1 aromatic heterocycles. The number of halogens is 1. The molecule has 1 atom stereocenters. The van der Waals surface area contributed by atoms with Gasteiger partial charge in [-0.2, -0.15) is 10.4 Å². The van der Waals surface area contributed by atoms with Crippen molar-refractivity contribution in [1.82, 2.24) is 20.0 Å². The maximum atomic E-state index is 12.6. The van der Waals surface area contributed by atoms with E-state index in [1.165, 1.54) is 9.58 Å².